The molecule has 0 saturated carbocycles. The number of nitro benzene ring substituents is 1. The summed E-state index contributed by atoms with van der Waals surface area (Å²) in [7, 11) is 0. The summed E-state index contributed by atoms with van der Waals surface area (Å²) in [5.41, 5.74) is 1.46. The second-order valence-corrected chi connectivity index (χ2v) is 5.31. The van der Waals surface area contributed by atoms with Crippen molar-refractivity contribution in [3.05, 3.63) is 39.4 Å². The Morgan fingerprint density at radius 1 is 1.38 bits per heavy atom. The molecule has 0 unspecified atom stereocenters. The molecule has 0 aliphatic rings. The number of nitrogens with one attached hydrogen (secondary N) is 2. The fourth-order valence-electron chi connectivity index (χ4n) is 1.98. The van der Waals surface area contributed by atoms with Crippen LogP contribution < -0.4 is 10.6 Å². The number of amides is 1. The van der Waals surface area contributed by atoms with Crippen LogP contribution in [0.5, 0.6) is 0 Å². The SMILES string of the molecule is Cc1c(CNC(=O)CCCNC(C)C)cccc1[N+](=O)[O-]. The first-order valence-corrected chi connectivity index (χ1v) is 7.14. The molecule has 0 fully saturated rings. The number of carbonyl (C=O) groups excluding carboxylic acids is 1. The van der Waals surface area contributed by atoms with Gasteiger partial charge in [0.05, 0.1) is 4.92 Å². The highest BCUT2D eigenvalue weighted by molar-refractivity contribution is 5.75. The highest BCUT2D eigenvalue weighted by atomic mass is 16.6. The summed E-state index contributed by atoms with van der Waals surface area (Å²) >= 11 is 0. The molecule has 6 heteroatoms. The molecule has 1 rings (SSSR count). The third-order valence-electron chi connectivity index (χ3n) is 3.22. The fraction of sp³-hybridized carbons (Fsp3) is 0.533. The second-order valence-electron chi connectivity index (χ2n) is 5.31. The van der Waals surface area contributed by atoms with E-state index >= 15 is 0 Å². The monoisotopic (exact) mass is 293 g/mol. The average Bonchev–Trinajstić information content (AvgIpc) is 2.42. The van der Waals surface area contributed by atoms with Gasteiger partial charge in [0.2, 0.25) is 5.91 Å². The van der Waals surface area contributed by atoms with E-state index in [0.29, 0.717) is 24.6 Å². The van der Waals surface area contributed by atoms with Crippen molar-refractivity contribution in [3.8, 4) is 0 Å². The van der Waals surface area contributed by atoms with Gasteiger partial charge in [0.1, 0.15) is 0 Å². The zero-order valence-electron chi connectivity index (χ0n) is 12.8. The predicted molar refractivity (Wildman–Crippen MR) is 82.1 cm³/mol. The number of benzene rings is 1. The predicted octanol–water partition coefficient (Wildman–Crippen LogP) is 2.30. The van der Waals surface area contributed by atoms with Gasteiger partial charge in [-0.2, -0.15) is 0 Å². The summed E-state index contributed by atoms with van der Waals surface area (Å²) in [4.78, 5) is 22.2. The third kappa shape index (κ3) is 5.91. The molecular weight excluding hydrogens is 270 g/mol. The fourth-order valence-corrected chi connectivity index (χ4v) is 1.98. The Kier molecular flexibility index (Phi) is 6.81. The smallest absolute Gasteiger partial charge is 0.272 e. The minimum Gasteiger partial charge on any atom is -0.352 e. The number of hydrogen-bond acceptors (Lipinski definition) is 4. The molecule has 0 bridgehead atoms. The van der Waals surface area contributed by atoms with Crippen molar-refractivity contribution >= 4 is 11.6 Å². The quantitative estimate of drug-likeness (QED) is 0.437. The molecule has 0 saturated heterocycles. The third-order valence-corrected chi connectivity index (χ3v) is 3.22. The highest BCUT2D eigenvalue weighted by Gasteiger charge is 2.13. The van der Waals surface area contributed by atoms with Crippen LogP contribution in [0.15, 0.2) is 18.2 Å². The van der Waals surface area contributed by atoms with Crippen LogP contribution in [-0.4, -0.2) is 23.4 Å². The minimum absolute atomic E-state index is 0.0357. The molecule has 0 aromatic heterocycles. The van der Waals surface area contributed by atoms with Crippen LogP contribution in [0.1, 0.15) is 37.8 Å². The number of carbonyl (C=O) groups is 1. The van der Waals surface area contributed by atoms with E-state index in [1.807, 2.05) is 0 Å². The topological polar surface area (TPSA) is 84.3 Å². The van der Waals surface area contributed by atoms with Gasteiger partial charge in [-0.1, -0.05) is 26.0 Å². The highest BCUT2D eigenvalue weighted by Crippen LogP contribution is 2.20. The number of nitrogens with zero attached hydrogens (tertiary/aromatic N) is 1. The Morgan fingerprint density at radius 3 is 2.71 bits per heavy atom. The normalized spacial score (nSPS) is 10.7. The van der Waals surface area contributed by atoms with E-state index in [9.17, 15) is 14.9 Å². The maximum atomic E-state index is 11.7. The lowest BCUT2D eigenvalue weighted by atomic mass is 10.1. The van der Waals surface area contributed by atoms with Gasteiger partial charge in [-0.25, -0.2) is 0 Å². The van der Waals surface area contributed by atoms with Gasteiger partial charge in [-0.15, -0.1) is 0 Å². The first-order chi connectivity index (χ1) is 9.91. The van der Waals surface area contributed by atoms with E-state index < -0.39 is 4.92 Å². The van der Waals surface area contributed by atoms with Crippen LogP contribution in [0.25, 0.3) is 0 Å². The van der Waals surface area contributed by atoms with Gasteiger partial charge < -0.3 is 10.6 Å². The van der Waals surface area contributed by atoms with Gasteiger partial charge >= 0.3 is 0 Å². The Bertz CT molecular complexity index is 501. The lowest BCUT2D eigenvalue weighted by molar-refractivity contribution is -0.385. The zero-order valence-corrected chi connectivity index (χ0v) is 12.8. The Balaban J connectivity index is 2.43. The summed E-state index contributed by atoms with van der Waals surface area (Å²) in [5, 5.41) is 16.9. The van der Waals surface area contributed by atoms with E-state index in [0.717, 1.165) is 18.5 Å². The van der Waals surface area contributed by atoms with Crippen LogP contribution in [0.3, 0.4) is 0 Å². The average molecular weight is 293 g/mol. The molecule has 0 radical (unpaired) electrons. The first kappa shape index (κ1) is 17.1. The summed E-state index contributed by atoms with van der Waals surface area (Å²) in [6.07, 6.45) is 1.23. The van der Waals surface area contributed by atoms with Crippen molar-refractivity contribution in [1.29, 1.82) is 0 Å². The van der Waals surface area contributed by atoms with Gasteiger partial charge in [0.25, 0.3) is 5.69 Å². The number of rotatable bonds is 8. The summed E-state index contributed by atoms with van der Waals surface area (Å²) < 4.78 is 0. The lowest BCUT2D eigenvalue weighted by Gasteiger charge is -2.09. The van der Waals surface area contributed by atoms with E-state index in [1.165, 1.54) is 6.07 Å². The molecule has 6 nitrogen and oxygen atoms in total. The van der Waals surface area contributed by atoms with Crippen molar-refractivity contribution in [2.45, 2.75) is 46.2 Å². The molecular formula is C15H23N3O3. The minimum atomic E-state index is -0.405. The molecule has 116 valence electrons. The van der Waals surface area contributed by atoms with Gasteiger partial charge in [0.15, 0.2) is 0 Å². The summed E-state index contributed by atoms with van der Waals surface area (Å²) in [5.74, 6) is -0.0357. The van der Waals surface area contributed by atoms with Crippen LogP contribution in [0.2, 0.25) is 0 Å². The van der Waals surface area contributed by atoms with Crippen molar-refractivity contribution < 1.29 is 9.72 Å². The molecule has 21 heavy (non-hydrogen) atoms. The standard InChI is InChI=1S/C15H23N3O3/c1-11(2)16-9-5-8-15(19)17-10-13-6-4-7-14(12(13)3)18(20)21/h4,6-7,11,16H,5,8-10H2,1-3H3,(H,17,19). The zero-order chi connectivity index (χ0) is 15.8. The molecule has 1 amide bonds. The van der Waals surface area contributed by atoms with Crippen molar-refractivity contribution in [2.24, 2.45) is 0 Å². The lowest BCUT2D eigenvalue weighted by Crippen LogP contribution is -2.27. The molecule has 0 atom stereocenters. The molecule has 1 aromatic carbocycles. The van der Waals surface area contributed by atoms with Crippen molar-refractivity contribution in [3.63, 3.8) is 0 Å². The number of nitro groups is 1. The maximum absolute atomic E-state index is 11.7. The molecule has 0 heterocycles. The maximum Gasteiger partial charge on any atom is 0.272 e. The largest absolute Gasteiger partial charge is 0.352 e. The van der Waals surface area contributed by atoms with Crippen LogP contribution in [0.4, 0.5) is 5.69 Å². The Labute approximate surface area is 125 Å². The second kappa shape index (κ2) is 8.36. The number of hydrogen-bond donors (Lipinski definition) is 2. The molecule has 0 aliphatic heterocycles. The summed E-state index contributed by atoms with van der Waals surface area (Å²) in [6.45, 7) is 6.95. The van der Waals surface area contributed by atoms with Crippen LogP contribution >= 0.6 is 0 Å². The molecule has 0 aliphatic carbocycles. The van der Waals surface area contributed by atoms with Crippen LogP contribution in [-0.2, 0) is 11.3 Å². The Morgan fingerprint density at radius 2 is 2.10 bits per heavy atom. The molecule has 0 spiro atoms. The van der Waals surface area contributed by atoms with Gasteiger partial charge in [-0.3, -0.25) is 14.9 Å². The van der Waals surface area contributed by atoms with E-state index in [1.54, 1.807) is 19.1 Å². The van der Waals surface area contributed by atoms with Crippen molar-refractivity contribution in [1.82, 2.24) is 10.6 Å². The van der Waals surface area contributed by atoms with E-state index in [-0.39, 0.29) is 11.6 Å². The van der Waals surface area contributed by atoms with Crippen LogP contribution in [0, 0.1) is 17.0 Å². The van der Waals surface area contributed by atoms with Gasteiger partial charge in [-0.05, 0) is 25.5 Å². The van der Waals surface area contributed by atoms with E-state index in [4.69, 9.17) is 0 Å². The van der Waals surface area contributed by atoms with E-state index in [2.05, 4.69) is 24.5 Å². The molecule has 2 N–H and O–H groups in total. The first-order valence-electron chi connectivity index (χ1n) is 7.14. The Hall–Kier alpha value is -1.95. The van der Waals surface area contributed by atoms with Gasteiger partial charge in [0, 0.05) is 30.6 Å². The van der Waals surface area contributed by atoms with Crippen molar-refractivity contribution in [2.75, 3.05) is 6.54 Å². The molecule has 1 aromatic rings. The summed E-state index contributed by atoms with van der Waals surface area (Å²) in [6, 6.07) is 5.32.